The topological polar surface area (TPSA) is 131 Å². The van der Waals surface area contributed by atoms with Crippen LogP contribution in [0.4, 0.5) is 5.69 Å². The second-order valence-corrected chi connectivity index (χ2v) is 6.97. The van der Waals surface area contributed by atoms with E-state index in [2.05, 4.69) is 10.3 Å². The molecule has 0 unspecified atom stereocenters. The summed E-state index contributed by atoms with van der Waals surface area (Å²) in [5, 5.41) is 14.4. The van der Waals surface area contributed by atoms with Gasteiger partial charge in [-0.2, -0.15) is 0 Å². The summed E-state index contributed by atoms with van der Waals surface area (Å²) in [6, 6.07) is 11.8. The van der Waals surface area contributed by atoms with Crippen molar-refractivity contribution in [1.29, 1.82) is 0 Å². The van der Waals surface area contributed by atoms with E-state index in [-0.39, 0.29) is 29.4 Å². The first-order chi connectivity index (χ1) is 16.9. The number of hydrogen-bond acceptors (Lipinski definition) is 9. The number of nitrogens with zero attached hydrogens (tertiary/aromatic N) is 2. The van der Waals surface area contributed by atoms with Gasteiger partial charge in [-0.15, -0.1) is 0 Å². The van der Waals surface area contributed by atoms with E-state index in [4.69, 9.17) is 23.7 Å². The van der Waals surface area contributed by atoms with Gasteiger partial charge < -0.3 is 29.0 Å². The highest BCUT2D eigenvalue weighted by Gasteiger charge is 2.32. The van der Waals surface area contributed by atoms with Gasteiger partial charge in [-0.05, 0) is 24.6 Å². The molecule has 1 heterocycles. The number of ether oxygens (including phenoxy) is 5. The number of benzene rings is 2. The van der Waals surface area contributed by atoms with E-state index in [1.165, 1.54) is 33.6 Å². The van der Waals surface area contributed by atoms with E-state index < -0.39 is 16.5 Å². The Hall–Kier alpha value is -4.54. The van der Waals surface area contributed by atoms with Crippen molar-refractivity contribution in [3.63, 3.8) is 0 Å². The number of nitrogens with one attached hydrogen (secondary N) is 1. The maximum atomic E-state index is 12.9. The van der Waals surface area contributed by atoms with Gasteiger partial charge in [-0.3, -0.25) is 14.9 Å². The molecule has 0 radical (unpaired) electrons. The Morgan fingerprint density at radius 3 is 2.29 bits per heavy atom. The lowest BCUT2D eigenvalue weighted by molar-refractivity contribution is -0.386. The van der Waals surface area contributed by atoms with Crippen molar-refractivity contribution in [2.45, 2.75) is 13.5 Å². The SMILES string of the molecule is CCOc1ccccc1Oc1ccc(CNC(=O)c2cc(OC)c(OC)c(OC)c2[N+](=O)[O-])cn1. The highest BCUT2D eigenvalue weighted by atomic mass is 16.6. The Labute approximate surface area is 201 Å². The second-order valence-electron chi connectivity index (χ2n) is 6.97. The summed E-state index contributed by atoms with van der Waals surface area (Å²) in [6.07, 6.45) is 1.53. The fourth-order valence-electron chi connectivity index (χ4n) is 3.27. The number of aromatic nitrogens is 1. The first kappa shape index (κ1) is 25.1. The van der Waals surface area contributed by atoms with Gasteiger partial charge in [-0.25, -0.2) is 4.98 Å². The lowest BCUT2D eigenvalue weighted by atomic mass is 10.1. The van der Waals surface area contributed by atoms with Crippen molar-refractivity contribution in [3.05, 3.63) is 69.9 Å². The van der Waals surface area contributed by atoms with E-state index >= 15 is 0 Å². The van der Waals surface area contributed by atoms with Crippen molar-refractivity contribution in [3.8, 4) is 34.6 Å². The van der Waals surface area contributed by atoms with Gasteiger partial charge in [0.25, 0.3) is 5.91 Å². The molecule has 3 rings (SSSR count). The monoisotopic (exact) mass is 483 g/mol. The number of nitro groups is 1. The van der Waals surface area contributed by atoms with Crippen LogP contribution in [-0.2, 0) is 6.54 Å². The molecule has 0 atom stereocenters. The zero-order valence-electron chi connectivity index (χ0n) is 19.7. The molecular weight excluding hydrogens is 458 g/mol. The van der Waals surface area contributed by atoms with Gasteiger partial charge in [0.05, 0.1) is 32.9 Å². The normalized spacial score (nSPS) is 10.3. The van der Waals surface area contributed by atoms with E-state index in [1.54, 1.807) is 24.3 Å². The lowest BCUT2D eigenvalue weighted by Crippen LogP contribution is -2.24. The van der Waals surface area contributed by atoms with Crippen molar-refractivity contribution in [2.24, 2.45) is 0 Å². The van der Waals surface area contributed by atoms with Crippen LogP contribution in [0.2, 0.25) is 0 Å². The Kier molecular flexibility index (Phi) is 8.28. The van der Waals surface area contributed by atoms with Crippen LogP contribution < -0.4 is 29.0 Å². The summed E-state index contributed by atoms with van der Waals surface area (Å²) in [7, 11) is 3.92. The maximum absolute atomic E-state index is 12.9. The van der Waals surface area contributed by atoms with Crippen LogP contribution in [0.25, 0.3) is 0 Å². The number of hydrogen-bond donors (Lipinski definition) is 1. The highest BCUT2D eigenvalue weighted by molar-refractivity contribution is 6.00. The molecule has 1 amide bonds. The van der Waals surface area contributed by atoms with Gasteiger partial charge >= 0.3 is 5.69 Å². The molecule has 0 saturated heterocycles. The molecule has 0 fully saturated rings. The number of rotatable bonds is 11. The Bertz CT molecular complexity index is 1200. The number of methoxy groups -OCH3 is 3. The predicted molar refractivity (Wildman–Crippen MR) is 126 cm³/mol. The van der Waals surface area contributed by atoms with Crippen LogP contribution >= 0.6 is 0 Å². The summed E-state index contributed by atoms with van der Waals surface area (Å²) in [4.78, 5) is 28.1. The minimum Gasteiger partial charge on any atom is -0.493 e. The molecule has 11 nitrogen and oxygen atoms in total. The Morgan fingerprint density at radius 1 is 1.00 bits per heavy atom. The summed E-state index contributed by atoms with van der Waals surface area (Å²) in [6.45, 7) is 2.44. The van der Waals surface area contributed by atoms with Crippen LogP contribution in [0.1, 0.15) is 22.8 Å². The minimum absolute atomic E-state index is 0.0175. The first-order valence-electron chi connectivity index (χ1n) is 10.5. The van der Waals surface area contributed by atoms with Gasteiger partial charge in [0.2, 0.25) is 17.4 Å². The number of carbonyl (C=O) groups is 1. The Morgan fingerprint density at radius 2 is 1.71 bits per heavy atom. The molecule has 35 heavy (non-hydrogen) atoms. The molecule has 1 aromatic heterocycles. The van der Waals surface area contributed by atoms with Crippen molar-refractivity contribution >= 4 is 11.6 Å². The van der Waals surface area contributed by atoms with Gasteiger partial charge in [0.1, 0.15) is 5.56 Å². The Balaban J connectivity index is 1.76. The van der Waals surface area contributed by atoms with Gasteiger partial charge in [-0.1, -0.05) is 18.2 Å². The van der Waals surface area contributed by atoms with Crippen LogP contribution in [0, 0.1) is 10.1 Å². The van der Waals surface area contributed by atoms with Gasteiger partial charge in [0, 0.05) is 24.9 Å². The molecule has 11 heteroatoms. The molecular formula is C24H25N3O8. The summed E-state index contributed by atoms with van der Waals surface area (Å²) in [5.74, 6) is 0.698. The molecule has 0 aliphatic rings. The molecule has 0 aliphatic carbocycles. The zero-order valence-corrected chi connectivity index (χ0v) is 19.7. The number of amides is 1. The maximum Gasteiger partial charge on any atom is 0.327 e. The van der Waals surface area contributed by atoms with Crippen LogP contribution in [0.5, 0.6) is 34.6 Å². The van der Waals surface area contributed by atoms with Crippen LogP contribution in [0.15, 0.2) is 48.7 Å². The smallest absolute Gasteiger partial charge is 0.327 e. The number of carbonyl (C=O) groups excluding carboxylic acids is 1. The summed E-state index contributed by atoms with van der Waals surface area (Å²) in [5.41, 5.74) is -0.110. The van der Waals surface area contributed by atoms with Crippen molar-refractivity contribution in [1.82, 2.24) is 10.3 Å². The van der Waals surface area contributed by atoms with Crippen molar-refractivity contribution < 1.29 is 33.4 Å². The molecule has 184 valence electrons. The second kappa shape index (κ2) is 11.5. The van der Waals surface area contributed by atoms with E-state index in [9.17, 15) is 14.9 Å². The summed E-state index contributed by atoms with van der Waals surface area (Å²) >= 11 is 0. The number of para-hydroxylation sites is 2. The highest BCUT2D eigenvalue weighted by Crippen LogP contribution is 2.46. The largest absolute Gasteiger partial charge is 0.493 e. The van der Waals surface area contributed by atoms with E-state index in [1.807, 2.05) is 19.1 Å². The third-order valence-corrected chi connectivity index (χ3v) is 4.85. The molecule has 0 saturated carbocycles. The molecule has 0 aliphatic heterocycles. The molecule has 3 aromatic rings. The predicted octanol–water partition coefficient (Wildman–Crippen LogP) is 4.14. The zero-order chi connectivity index (χ0) is 25.4. The average molecular weight is 483 g/mol. The molecule has 0 bridgehead atoms. The van der Waals surface area contributed by atoms with Crippen LogP contribution in [0.3, 0.4) is 0 Å². The number of pyridine rings is 1. The fraction of sp³-hybridized carbons (Fsp3) is 0.250. The van der Waals surface area contributed by atoms with E-state index in [0.717, 1.165) is 0 Å². The minimum atomic E-state index is -0.705. The first-order valence-corrected chi connectivity index (χ1v) is 10.5. The average Bonchev–Trinajstić information content (AvgIpc) is 2.87. The number of nitro benzene ring substituents is 1. The fourth-order valence-corrected chi connectivity index (χ4v) is 3.27. The molecule has 1 N–H and O–H groups in total. The third-order valence-electron chi connectivity index (χ3n) is 4.85. The molecule has 0 spiro atoms. The quantitative estimate of drug-likeness (QED) is 0.316. The molecule has 2 aromatic carbocycles. The van der Waals surface area contributed by atoms with Gasteiger partial charge in [0.15, 0.2) is 17.2 Å². The van der Waals surface area contributed by atoms with Crippen molar-refractivity contribution in [2.75, 3.05) is 27.9 Å². The van der Waals surface area contributed by atoms with E-state index in [0.29, 0.717) is 29.5 Å². The standard InChI is InChI=1S/C24H25N3O8/c1-5-34-17-8-6-7-9-18(17)35-20-11-10-15(13-25-20)14-26-24(28)16-12-19(31-2)22(32-3)23(33-4)21(16)27(29)30/h6-13H,5,14H2,1-4H3,(H,26,28). The van der Waals surface area contributed by atoms with Crippen LogP contribution in [-0.4, -0.2) is 43.8 Å². The third kappa shape index (κ3) is 5.69. The lowest BCUT2D eigenvalue weighted by Gasteiger charge is -2.15. The summed E-state index contributed by atoms with van der Waals surface area (Å²) < 4.78 is 26.9.